The summed E-state index contributed by atoms with van der Waals surface area (Å²) in [5.41, 5.74) is 28.5. The van der Waals surface area contributed by atoms with Gasteiger partial charge in [0.1, 0.15) is 41.9 Å². The van der Waals surface area contributed by atoms with Crippen LogP contribution < -0.4 is 0 Å². The second kappa shape index (κ2) is 51.5. The van der Waals surface area contributed by atoms with Crippen LogP contribution in [0, 0.1) is 27.7 Å². The molecule has 138 heavy (non-hydrogen) atoms. The van der Waals surface area contributed by atoms with Crippen molar-refractivity contribution in [2.75, 3.05) is 0 Å². The lowest BCUT2D eigenvalue weighted by atomic mass is 10.0. The maximum absolute atomic E-state index is 12.5. The van der Waals surface area contributed by atoms with E-state index in [9.17, 15) is 13.2 Å². The van der Waals surface area contributed by atoms with E-state index in [1.165, 1.54) is 77.2 Å². The van der Waals surface area contributed by atoms with Crippen LogP contribution in [0.15, 0.2) is 273 Å². The van der Waals surface area contributed by atoms with Crippen molar-refractivity contribution in [3.05, 3.63) is 349 Å². The van der Waals surface area contributed by atoms with Gasteiger partial charge in [-0.15, -0.1) is 49.3 Å². The monoisotopic (exact) mass is 1930 g/mol. The van der Waals surface area contributed by atoms with Crippen LogP contribution in [0.4, 0.5) is 13.2 Å². The molecule has 25 heteroatoms. The Bertz CT molecular complexity index is 5830. The molecule has 18 aromatic rings. The summed E-state index contributed by atoms with van der Waals surface area (Å²) in [4.78, 5) is 19.1. The first-order valence-corrected chi connectivity index (χ1v) is 50.2. The summed E-state index contributed by atoms with van der Waals surface area (Å²) >= 11 is 5.75. The Kier molecular flexibility index (Phi) is 39.9. The van der Waals surface area contributed by atoms with Crippen molar-refractivity contribution in [3.63, 3.8) is 0 Å². The number of nitrogens with zero attached hydrogens (tertiary/aromatic N) is 17. The highest BCUT2D eigenvalue weighted by molar-refractivity contribution is 7.15. The largest absolute Gasteiger partial charge is 0.427 e. The summed E-state index contributed by atoms with van der Waals surface area (Å²) in [5, 5.41) is 46.7. The molecule has 0 aliphatic carbocycles. The molecule has 0 aliphatic heterocycles. The van der Waals surface area contributed by atoms with Gasteiger partial charge in [-0.1, -0.05) is 360 Å². The highest BCUT2D eigenvalue weighted by Crippen LogP contribution is 2.38. The summed E-state index contributed by atoms with van der Waals surface area (Å²) in [5.74, 6) is 5.84. The third-order valence-corrected chi connectivity index (χ3v) is 26.6. The zero-order chi connectivity index (χ0) is 100. The molecule has 0 atom stereocenters. The zero-order valence-electron chi connectivity index (χ0n) is 84.5. The fourth-order valence-corrected chi connectivity index (χ4v) is 16.9. The molecule has 0 saturated heterocycles. The number of aryl methyl sites for hydroxylation is 8. The molecular weight excluding hydrogens is 1790 g/mol. The SMILES string of the molecule is CC(C)c1ccc(-c2ccn(C)n2)cc1.CC(C)c1ccc(-c2cnn(C)n2)cc1.CC(C)c1ccc(-c2cnnn2C)cc1.CC(C)c1ccc(-c2ncc(C(F)(F)F)s2)cc1.CC(C)c1ccc(-c2ncn(C)n2)cc1.Cc1cn[nH]c1-c1ccc(C(C)C)cc1.Cc1cnc(-c2ccc(C(C)C)cc2)s1.Cc1csc(-c2ccc(C(C)C)cc2)n1.Cc1nnc(-c2ccc(C(C)C)cc2)s1. The van der Waals surface area contributed by atoms with Crippen LogP contribution in [-0.2, 0) is 34.4 Å². The molecule has 0 fully saturated rings. The molecule has 0 spiro atoms. The molecule has 0 amide bonds. The van der Waals surface area contributed by atoms with E-state index in [0.29, 0.717) is 69.6 Å². The van der Waals surface area contributed by atoms with Gasteiger partial charge < -0.3 is 0 Å². The van der Waals surface area contributed by atoms with Gasteiger partial charge in [-0.3, -0.25) is 14.5 Å². The number of hydrogen-bond acceptors (Lipinski definition) is 17. The molecule has 0 saturated carbocycles. The number of halogens is 3. The number of thiazole rings is 3. The van der Waals surface area contributed by atoms with Gasteiger partial charge in [0.25, 0.3) is 0 Å². The Labute approximate surface area is 830 Å². The average Bonchev–Trinajstić information content (AvgIpc) is 1.68. The first kappa shape index (κ1) is 107. The summed E-state index contributed by atoms with van der Waals surface area (Å²) in [6, 6.07) is 78.2. The third-order valence-electron chi connectivity index (χ3n) is 22.6. The summed E-state index contributed by atoms with van der Waals surface area (Å²) in [6.45, 7) is 47.5. The number of nitrogens with one attached hydrogen (secondary N) is 1. The van der Waals surface area contributed by atoms with E-state index in [-0.39, 0.29) is 0 Å². The molecule has 1 N–H and O–H groups in total. The highest BCUT2D eigenvalue weighted by Gasteiger charge is 2.33. The van der Waals surface area contributed by atoms with Gasteiger partial charge in [0.05, 0.1) is 41.9 Å². The lowest BCUT2D eigenvalue weighted by Crippen LogP contribution is -2.00. The Morgan fingerprint density at radius 3 is 1.04 bits per heavy atom. The number of hydrogen-bond donors (Lipinski definition) is 1. The minimum atomic E-state index is -4.31. The van der Waals surface area contributed by atoms with Gasteiger partial charge in [0.15, 0.2) is 5.82 Å². The van der Waals surface area contributed by atoms with Crippen molar-refractivity contribution in [2.45, 2.75) is 212 Å². The van der Waals surface area contributed by atoms with Crippen LogP contribution >= 0.6 is 45.3 Å². The van der Waals surface area contributed by atoms with Gasteiger partial charge in [0.2, 0.25) is 0 Å². The topological polar surface area (TPSA) is 203 Å². The van der Waals surface area contributed by atoms with E-state index in [1.54, 1.807) is 66.9 Å². The van der Waals surface area contributed by atoms with Crippen LogP contribution in [0.25, 0.3) is 98.7 Å². The van der Waals surface area contributed by atoms with E-state index in [4.69, 9.17) is 0 Å². The molecule has 0 bridgehead atoms. The minimum Gasteiger partial charge on any atom is -0.278 e. The fraction of sp³-hybridized carbons (Fsp3) is 0.319. The van der Waals surface area contributed by atoms with Crippen molar-refractivity contribution in [3.8, 4) is 98.7 Å². The van der Waals surface area contributed by atoms with Gasteiger partial charge >= 0.3 is 6.18 Å². The summed E-state index contributed by atoms with van der Waals surface area (Å²) < 4.78 is 42.7. The second-order valence-corrected chi connectivity index (χ2v) is 41.0. The lowest BCUT2D eigenvalue weighted by Gasteiger charge is -2.06. The normalized spacial score (nSPS) is 11.1. The molecule has 0 aliphatic rings. The first-order valence-electron chi connectivity index (χ1n) is 46.9. The van der Waals surface area contributed by atoms with Crippen molar-refractivity contribution in [1.29, 1.82) is 0 Å². The molecule has 0 unspecified atom stereocenters. The van der Waals surface area contributed by atoms with Crippen molar-refractivity contribution in [2.24, 2.45) is 28.2 Å². The lowest BCUT2D eigenvalue weighted by molar-refractivity contribution is -0.134. The van der Waals surface area contributed by atoms with E-state index in [1.807, 2.05) is 95.6 Å². The number of benzene rings is 9. The average molecular weight is 1930 g/mol. The number of H-pyrrole nitrogens is 1. The molecule has 720 valence electrons. The molecule has 0 radical (unpaired) electrons. The zero-order valence-corrected chi connectivity index (χ0v) is 87.8. The number of rotatable bonds is 18. The van der Waals surface area contributed by atoms with E-state index in [0.717, 1.165) is 93.9 Å². The summed E-state index contributed by atoms with van der Waals surface area (Å²) in [7, 11) is 7.54. The van der Waals surface area contributed by atoms with Crippen LogP contribution in [0.1, 0.15) is 254 Å². The minimum absolute atomic E-state index is 0.401. The maximum Gasteiger partial charge on any atom is 0.427 e. The Hall–Kier alpha value is -12.9. The fourth-order valence-electron chi connectivity index (χ4n) is 13.8. The summed E-state index contributed by atoms with van der Waals surface area (Å²) in [6.07, 6.45) is 7.60. The molecule has 9 heterocycles. The van der Waals surface area contributed by atoms with Crippen LogP contribution in [-0.4, -0.2) is 89.9 Å². The van der Waals surface area contributed by atoms with Crippen molar-refractivity contribution >= 4 is 45.3 Å². The van der Waals surface area contributed by atoms with Crippen LogP contribution in [0.3, 0.4) is 0 Å². The Morgan fingerprint density at radius 2 is 0.725 bits per heavy atom. The predicted molar refractivity (Wildman–Crippen MR) is 571 cm³/mol. The third kappa shape index (κ3) is 32.4. The van der Waals surface area contributed by atoms with Crippen molar-refractivity contribution < 1.29 is 13.2 Å². The van der Waals surface area contributed by atoms with E-state index < -0.39 is 11.1 Å². The molecule has 18 rings (SSSR count). The quantitative estimate of drug-likeness (QED) is 0.0850. The molecule has 18 nitrogen and oxygen atoms in total. The van der Waals surface area contributed by atoms with E-state index >= 15 is 0 Å². The van der Waals surface area contributed by atoms with Gasteiger partial charge in [-0.05, 0) is 148 Å². The van der Waals surface area contributed by atoms with Crippen LogP contribution in [0.2, 0.25) is 0 Å². The Morgan fingerprint density at radius 1 is 0.341 bits per heavy atom. The van der Waals surface area contributed by atoms with E-state index in [2.05, 4.69) is 409 Å². The maximum atomic E-state index is 12.5. The number of aromatic nitrogens is 18. The molecular formula is C113H133F3N18S4. The Balaban J connectivity index is 0.000000160. The van der Waals surface area contributed by atoms with Crippen molar-refractivity contribution in [1.82, 2.24) is 89.9 Å². The smallest absolute Gasteiger partial charge is 0.278 e. The predicted octanol–water partition coefficient (Wildman–Crippen LogP) is 31.6. The standard InChI is InChI=1S/C13H12F3NS.2C13H16N2.2C13H15NS.3C12H15N3.C12H14N2S/c1-8(2)9-3-5-10(6-4-9)12-17-7-11(18-12)13(14,15)16;1-10(2)11-4-6-12(7-5-11)13-8-9-15(3)14-13;1-9(2)11-4-6-12(7-5-11)13-10(3)8-14-15-13;1-9(2)11-4-6-12(7-5-11)13-14-10(3)8-15-13;1-9(2)11-4-6-12(7-5-11)13-14-8-10(3)15-13;1-9(2)10-4-6-11(7-5-10)12-13-8-15(3)14-12;1-9(2)10-4-6-11(7-5-10)12-8-13-14-15(12)3;1-9(2)10-4-6-11(7-5-10)12-8-13-15(3)14-12;1-8(2)10-4-6-11(7-5-10)12-14-13-9(3)15-12/h3-8H,1-2H3;4-10H,1-3H3;4-9H,1-3H3,(H,14,15);5*4-9H,1-3H3;4-8H,1-3H3. The van der Waals surface area contributed by atoms with Gasteiger partial charge in [0, 0.05) is 101 Å². The van der Waals surface area contributed by atoms with Gasteiger partial charge in [-0.25, -0.2) is 24.6 Å². The molecule has 9 aromatic carbocycles. The first-order chi connectivity index (χ1) is 65.7. The number of aromatic amines is 1. The van der Waals surface area contributed by atoms with Crippen LogP contribution in [0.5, 0.6) is 0 Å². The number of alkyl halides is 3. The highest BCUT2D eigenvalue weighted by atomic mass is 32.1. The second-order valence-electron chi connectivity index (χ2n) is 36.7. The molecule has 9 aromatic heterocycles. The van der Waals surface area contributed by atoms with Gasteiger partial charge in [-0.2, -0.15) is 43.5 Å².